The van der Waals surface area contributed by atoms with Crippen LogP contribution >= 0.6 is 23.1 Å². The first-order valence-electron chi connectivity index (χ1n) is 6.63. The molecule has 0 aromatic carbocycles. The zero-order valence-electron chi connectivity index (χ0n) is 12.0. The number of alkyl halides is 5. The van der Waals surface area contributed by atoms with Crippen LogP contribution in [0.2, 0.25) is 0 Å². The lowest BCUT2D eigenvalue weighted by molar-refractivity contribution is -0.289. The van der Waals surface area contributed by atoms with Gasteiger partial charge in [0, 0.05) is 11.1 Å². The molecule has 3 heterocycles. The third kappa shape index (κ3) is 2.86. The van der Waals surface area contributed by atoms with Crippen LogP contribution in [0.4, 0.5) is 22.0 Å². The highest BCUT2D eigenvalue weighted by molar-refractivity contribution is 7.99. The van der Waals surface area contributed by atoms with Crippen molar-refractivity contribution in [1.82, 2.24) is 19.6 Å². The van der Waals surface area contributed by atoms with Gasteiger partial charge in [0.25, 0.3) is 0 Å². The molecule has 3 rings (SSSR count). The number of thioether (sulfide) groups is 1. The topological polar surface area (TPSA) is 43.1 Å². The molecule has 0 fully saturated rings. The lowest BCUT2D eigenvalue weighted by Crippen LogP contribution is -2.33. The number of hydrogen-bond donors (Lipinski definition) is 0. The first-order chi connectivity index (χ1) is 11.2. The Hall–Kier alpha value is -1.75. The fraction of sp³-hybridized carbons (Fsp3) is 0.308. The van der Waals surface area contributed by atoms with Gasteiger partial charge in [-0.3, -0.25) is 4.98 Å². The molecule has 3 aromatic rings. The van der Waals surface area contributed by atoms with E-state index in [-0.39, 0.29) is 16.3 Å². The normalized spacial score (nSPS) is 12.9. The highest BCUT2D eigenvalue weighted by atomic mass is 32.2. The van der Waals surface area contributed by atoms with E-state index in [4.69, 9.17) is 0 Å². The van der Waals surface area contributed by atoms with Crippen molar-refractivity contribution < 1.29 is 22.0 Å². The van der Waals surface area contributed by atoms with Gasteiger partial charge in [0.2, 0.25) is 4.96 Å². The van der Waals surface area contributed by atoms with Crippen molar-refractivity contribution in [1.29, 1.82) is 0 Å². The van der Waals surface area contributed by atoms with Crippen molar-refractivity contribution in [3.8, 4) is 11.4 Å². The van der Waals surface area contributed by atoms with Gasteiger partial charge in [0.1, 0.15) is 11.4 Å². The monoisotopic (exact) mass is 380 g/mol. The van der Waals surface area contributed by atoms with Gasteiger partial charge >= 0.3 is 12.1 Å². The number of halogens is 5. The predicted octanol–water partition coefficient (Wildman–Crippen LogP) is 4.62. The molecule has 0 atom stereocenters. The number of pyridine rings is 1. The Morgan fingerprint density at radius 1 is 1.25 bits per heavy atom. The van der Waals surface area contributed by atoms with Gasteiger partial charge in [0.05, 0.1) is 6.20 Å². The summed E-state index contributed by atoms with van der Waals surface area (Å²) in [7, 11) is 0. The molecule has 24 heavy (non-hydrogen) atoms. The minimum Gasteiger partial charge on any atom is -0.253 e. The second-order valence-electron chi connectivity index (χ2n) is 4.62. The molecule has 0 aliphatic heterocycles. The smallest absolute Gasteiger partial charge is 0.253 e. The molecule has 0 unspecified atom stereocenters. The highest BCUT2D eigenvalue weighted by Gasteiger charge is 2.61. The molecule has 128 valence electrons. The van der Waals surface area contributed by atoms with Gasteiger partial charge in [0.15, 0.2) is 5.01 Å². The zero-order chi connectivity index (χ0) is 17.5. The largest absolute Gasteiger partial charge is 0.460 e. The molecule has 0 spiro atoms. The Morgan fingerprint density at radius 3 is 2.62 bits per heavy atom. The lowest BCUT2D eigenvalue weighted by atomic mass is 10.3. The highest BCUT2D eigenvalue weighted by Crippen LogP contribution is 2.45. The van der Waals surface area contributed by atoms with Crippen LogP contribution in [0.5, 0.6) is 0 Å². The number of hydrogen-bond acceptors (Lipinski definition) is 5. The van der Waals surface area contributed by atoms with E-state index < -0.39 is 17.1 Å². The minimum absolute atomic E-state index is 0.0537. The molecule has 0 saturated carbocycles. The lowest BCUT2D eigenvalue weighted by Gasteiger charge is -2.15. The van der Waals surface area contributed by atoms with Crippen LogP contribution in [-0.2, 0) is 5.92 Å². The maximum atomic E-state index is 13.3. The maximum Gasteiger partial charge on any atom is 0.460 e. The van der Waals surface area contributed by atoms with Crippen molar-refractivity contribution in [2.24, 2.45) is 0 Å². The van der Waals surface area contributed by atoms with Gasteiger partial charge in [-0.1, -0.05) is 18.3 Å². The number of imidazole rings is 1. The van der Waals surface area contributed by atoms with Crippen LogP contribution in [0.15, 0.2) is 29.4 Å². The Bertz CT molecular complexity index is 839. The van der Waals surface area contributed by atoms with Crippen LogP contribution < -0.4 is 0 Å². The van der Waals surface area contributed by atoms with Gasteiger partial charge < -0.3 is 0 Å². The SMILES string of the molecule is CCSc1cccnc1-c1cn2nc(C(F)(F)C(F)(F)F)sc2n1. The minimum atomic E-state index is -5.70. The summed E-state index contributed by atoms with van der Waals surface area (Å²) in [5.74, 6) is -4.21. The molecule has 0 radical (unpaired) electrons. The summed E-state index contributed by atoms with van der Waals surface area (Å²) in [6, 6.07) is 3.58. The van der Waals surface area contributed by atoms with E-state index in [1.165, 1.54) is 18.0 Å². The molecule has 4 nitrogen and oxygen atoms in total. The molecule has 0 aliphatic rings. The van der Waals surface area contributed by atoms with Gasteiger partial charge in [-0.2, -0.15) is 27.1 Å². The van der Waals surface area contributed by atoms with E-state index >= 15 is 0 Å². The van der Waals surface area contributed by atoms with Crippen molar-refractivity contribution in [3.63, 3.8) is 0 Å². The summed E-state index contributed by atoms with van der Waals surface area (Å²) in [5, 5.41) is 2.00. The number of aromatic nitrogens is 4. The van der Waals surface area contributed by atoms with Crippen molar-refractivity contribution in [2.45, 2.75) is 23.9 Å². The fourth-order valence-electron chi connectivity index (χ4n) is 1.92. The molecule has 0 N–H and O–H groups in total. The van der Waals surface area contributed by atoms with E-state index in [1.54, 1.807) is 12.3 Å². The number of fused-ring (bicyclic) bond motifs is 1. The summed E-state index contributed by atoms with van der Waals surface area (Å²) in [6.07, 6.45) is -2.85. The summed E-state index contributed by atoms with van der Waals surface area (Å²) in [4.78, 5) is 9.08. The summed E-state index contributed by atoms with van der Waals surface area (Å²) in [5.41, 5.74) is 0.901. The van der Waals surface area contributed by atoms with Crippen LogP contribution in [0.1, 0.15) is 11.9 Å². The summed E-state index contributed by atoms with van der Waals surface area (Å²) >= 11 is 1.72. The standard InChI is InChI=1S/C13H9F5N4S2/c1-2-23-8-4-3-5-19-9(8)7-6-22-11(20-7)24-10(21-22)12(14,15)13(16,17)18/h3-6H,2H2,1H3. The summed E-state index contributed by atoms with van der Waals surface area (Å²) < 4.78 is 64.8. The second-order valence-corrected chi connectivity index (χ2v) is 6.88. The van der Waals surface area contributed by atoms with Gasteiger partial charge in [-0.25, -0.2) is 9.50 Å². The Kier molecular flexibility index (Phi) is 4.24. The van der Waals surface area contributed by atoms with Crippen LogP contribution in [0, 0.1) is 0 Å². The zero-order valence-corrected chi connectivity index (χ0v) is 13.6. The van der Waals surface area contributed by atoms with E-state index in [2.05, 4.69) is 15.1 Å². The second kappa shape index (κ2) is 5.96. The molecular formula is C13H9F5N4S2. The molecule has 0 amide bonds. The van der Waals surface area contributed by atoms with Gasteiger partial charge in [-0.15, -0.1) is 11.8 Å². The number of rotatable bonds is 4. The molecule has 3 aromatic heterocycles. The Labute approximate surface area is 140 Å². The molecule has 0 saturated heterocycles. The van der Waals surface area contributed by atoms with Crippen LogP contribution in [0.3, 0.4) is 0 Å². The molecule has 0 bridgehead atoms. The predicted molar refractivity (Wildman–Crippen MR) is 80.4 cm³/mol. The third-order valence-electron chi connectivity index (χ3n) is 2.98. The first kappa shape index (κ1) is 17.1. The van der Waals surface area contributed by atoms with E-state index in [0.717, 1.165) is 15.2 Å². The van der Waals surface area contributed by atoms with Gasteiger partial charge in [-0.05, 0) is 17.9 Å². The number of nitrogens with zero attached hydrogens (tertiary/aromatic N) is 4. The van der Waals surface area contributed by atoms with E-state index in [9.17, 15) is 22.0 Å². The quantitative estimate of drug-likeness (QED) is 0.489. The van der Waals surface area contributed by atoms with E-state index in [1.807, 2.05) is 13.0 Å². The first-order valence-corrected chi connectivity index (χ1v) is 8.43. The average Bonchev–Trinajstić information content (AvgIpc) is 3.05. The van der Waals surface area contributed by atoms with Crippen molar-refractivity contribution in [3.05, 3.63) is 29.5 Å². The van der Waals surface area contributed by atoms with E-state index in [0.29, 0.717) is 11.4 Å². The fourth-order valence-corrected chi connectivity index (χ4v) is 3.57. The van der Waals surface area contributed by atoms with Crippen molar-refractivity contribution >= 4 is 28.1 Å². The maximum absolute atomic E-state index is 13.3. The third-order valence-corrected chi connectivity index (χ3v) is 4.90. The average molecular weight is 380 g/mol. The van der Waals surface area contributed by atoms with Crippen molar-refractivity contribution in [2.75, 3.05) is 5.75 Å². The Morgan fingerprint density at radius 2 is 2.00 bits per heavy atom. The molecular weight excluding hydrogens is 371 g/mol. The van der Waals surface area contributed by atoms with Crippen LogP contribution in [-0.4, -0.2) is 31.5 Å². The molecule has 11 heteroatoms. The van der Waals surface area contributed by atoms with Crippen LogP contribution in [0.25, 0.3) is 16.3 Å². The summed E-state index contributed by atoms with van der Waals surface area (Å²) in [6.45, 7) is 1.96. The Balaban J connectivity index is 2.02. The molecule has 0 aliphatic carbocycles.